The van der Waals surface area contributed by atoms with Crippen molar-refractivity contribution in [2.24, 2.45) is 7.05 Å². The molecule has 0 saturated carbocycles. The van der Waals surface area contributed by atoms with Crippen LogP contribution in [0.3, 0.4) is 0 Å². The first-order chi connectivity index (χ1) is 7.16. The molecule has 0 unspecified atom stereocenters. The van der Waals surface area contributed by atoms with Crippen molar-refractivity contribution in [3.05, 3.63) is 47.5 Å². The Morgan fingerprint density at radius 2 is 2.07 bits per heavy atom. The maximum Gasteiger partial charge on any atom is 0.231 e. The molecular weight excluding hydrogens is 190 g/mol. The highest BCUT2D eigenvalue weighted by Gasteiger charge is 2.12. The number of pyridine rings is 1. The molecule has 15 heavy (non-hydrogen) atoms. The Hall–Kier alpha value is -1.97. The first kappa shape index (κ1) is 9.58. The van der Waals surface area contributed by atoms with Gasteiger partial charge in [0.15, 0.2) is 0 Å². The van der Waals surface area contributed by atoms with E-state index in [2.05, 4.69) is 10.1 Å². The summed E-state index contributed by atoms with van der Waals surface area (Å²) in [6, 6.07) is 7.06. The van der Waals surface area contributed by atoms with Crippen molar-refractivity contribution >= 4 is 5.78 Å². The number of aryl methyl sites for hydroxylation is 2. The lowest BCUT2D eigenvalue weighted by Gasteiger charge is -1.97. The molecule has 0 saturated heterocycles. The fourth-order valence-electron chi connectivity index (χ4n) is 1.34. The van der Waals surface area contributed by atoms with Crippen LogP contribution in [0.25, 0.3) is 0 Å². The van der Waals surface area contributed by atoms with Gasteiger partial charge in [-0.3, -0.25) is 9.48 Å². The highest BCUT2D eigenvalue weighted by Crippen LogP contribution is 2.05. The minimum Gasteiger partial charge on any atom is -0.285 e. The van der Waals surface area contributed by atoms with Crippen LogP contribution in [-0.4, -0.2) is 20.5 Å². The number of ketones is 1. The van der Waals surface area contributed by atoms with Gasteiger partial charge in [-0.1, -0.05) is 6.07 Å². The molecule has 0 bridgehead atoms. The van der Waals surface area contributed by atoms with E-state index in [0.717, 1.165) is 5.69 Å². The van der Waals surface area contributed by atoms with Crippen molar-refractivity contribution in [1.29, 1.82) is 0 Å². The van der Waals surface area contributed by atoms with E-state index in [4.69, 9.17) is 0 Å². The summed E-state index contributed by atoms with van der Waals surface area (Å²) in [5.74, 6) is -0.140. The van der Waals surface area contributed by atoms with Crippen LogP contribution in [0.4, 0.5) is 0 Å². The molecule has 76 valence electrons. The van der Waals surface area contributed by atoms with Gasteiger partial charge in [0.25, 0.3) is 0 Å². The first-order valence-electron chi connectivity index (χ1n) is 4.65. The third kappa shape index (κ3) is 1.93. The van der Waals surface area contributed by atoms with Crippen LogP contribution < -0.4 is 0 Å². The Morgan fingerprint density at radius 3 is 2.67 bits per heavy atom. The predicted octanol–water partition coefficient (Wildman–Crippen LogP) is 1.35. The van der Waals surface area contributed by atoms with Gasteiger partial charge < -0.3 is 0 Å². The molecule has 0 spiro atoms. The highest BCUT2D eigenvalue weighted by atomic mass is 16.1. The minimum atomic E-state index is -0.140. The average molecular weight is 201 g/mol. The van der Waals surface area contributed by atoms with Crippen LogP contribution in [0.15, 0.2) is 30.5 Å². The lowest BCUT2D eigenvalue weighted by atomic mass is 10.2. The SMILES string of the molecule is Cc1cccc(C(=O)c2ccn(C)n2)n1. The number of hydrogen-bond donors (Lipinski definition) is 0. The zero-order valence-corrected chi connectivity index (χ0v) is 8.64. The first-order valence-corrected chi connectivity index (χ1v) is 4.65. The number of hydrogen-bond acceptors (Lipinski definition) is 3. The molecule has 0 N–H and O–H groups in total. The molecule has 0 radical (unpaired) electrons. The van der Waals surface area contributed by atoms with E-state index in [1.165, 1.54) is 0 Å². The van der Waals surface area contributed by atoms with E-state index in [0.29, 0.717) is 11.4 Å². The van der Waals surface area contributed by atoms with Crippen molar-refractivity contribution < 1.29 is 4.79 Å². The largest absolute Gasteiger partial charge is 0.285 e. The van der Waals surface area contributed by atoms with Crippen LogP contribution in [0.5, 0.6) is 0 Å². The van der Waals surface area contributed by atoms with E-state index >= 15 is 0 Å². The second-order valence-electron chi connectivity index (χ2n) is 3.37. The van der Waals surface area contributed by atoms with Gasteiger partial charge in [0.2, 0.25) is 5.78 Å². The molecule has 0 aliphatic rings. The van der Waals surface area contributed by atoms with Gasteiger partial charge in [-0.15, -0.1) is 0 Å². The van der Waals surface area contributed by atoms with Gasteiger partial charge in [0.05, 0.1) is 0 Å². The van der Waals surface area contributed by atoms with Crippen LogP contribution in [-0.2, 0) is 7.05 Å². The van der Waals surface area contributed by atoms with Crippen LogP contribution in [0.1, 0.15) is 21.9 Å². The second kappa shape index (κ2) is 3.65. The minimum absolute atomic E-state index is 0.140. The zero-order valence-electron chi connectivity index (χ0n) is 8.64. The average Bonchev–Trinajstić information content (AvgIpc) is 2.64. The molecule has 2 heterocycles. The van der Waals surface area contributed by atoms with Crippen LogP contribution >= 0.6 is 0 Å². The molecule has 0 amide bonds. The molecule has 0 aliphatic carbocycles. The Bertz CT molecular complexity index is 502. The lowest BCUT2D eigenvalue weighted by Crippen LogP contribution is -2.06. The summed E-state index contributed by atoms with van der Waals surface area (Å²) in [5.41, 5.74) is 1.70. The zero-order chi connectivity index (χ0) is 10.8. The Balaban J connectivity index is 2.36. The maximum absolute atomic E-state index is 11.9. The molecule has 2 rings (SSSR count). The summed E-state index contributed by atoms with van der Waals surface area (Å²) in [6.45, 7) is 1.86. The van der Waals surface area contributed by atoms with Crippen LogP contribution in [0.2, 0.25) is 0 Å². The Kier molecular flexibility index (Phi) is 2.33. The van der Waals surface area contributed by atoms with Gasteiger partial charge >= 0.3 is 0 Å². The number of carbonyl (C=O) groups is 1. The van der Waals surface area contributed by atoms with Crippen molar-refractivity contribution in [2.75, 3.05) is 0 Å². The topological polar surface area (TPSA) is 47.8 Å². The normalized spacial score (nSPS) is 10.3. The molecule has 0 fully saturated rings. The smallest absolute Gasteiger partial charge is 0.231 e. The standard InChI is InChI=1S/C11H11N3O/c1-8-4-3-5-9(12-8)11(15)10-6-7-14(2)13-10/h3-7H,1-2H3. The monoisotopic (exact) mass is 201 g/mol. The predicted molar refractivity (Wildman–Crippen MR) is 55.6 cm³/mol. The van der Waals surface area contributed by atoms with Gasteiger partial charge in [-0.05, 0) is 25.1 Å². The third-order valence-electron chi connectivity index (χ3n) is 2.07. The molecule has 4 heteroatoms. The van der Waals surface area contributed by atoms with Gasteiger partial charge in [-0.25, -0.2) is 4.98 Å². The van der Waals surface area contributed by atoms with Gasteiger partial charge in [0.1, 0.15) is 11.4 Å². The van der Waals surface area contributed by atoms with Crippen molar-refractivity contribution in [3.63, 3.8) is 0 Å². The van der Waals surface area contributed by atoms with E-state index in [-0.39, 0.29) is 5.78 Å². The molecule has 0 aromatic carbocycles. The molecular formula is C11H11N3O. The summed E-state index contributed by atoms with van der Waals surface area (Å²) in [4.78, 5) is 16.0. The number of carbonyl (C=O) groups excluding carboxylic acids is 1. The number of nitrogens with zero attached hydrogens (tertiary/aromatic N) is 3. The van der Waals surface area contributed by atoms with Gasteiger partial charge in [-0.2, -0.15) is 5.10 Å². The summed E-state index contributed by atoms with van der Waals surface area (Å²) in [7, 11) is 1.78. The van der Waals surface area contributed by atoms with Crippen molar-refractivity contribution in [3.8, 4) is 0 Å². The van der Waals surface area contributed by atoms with E-state index in [1.807, 2.05) is 19.1 Å². The summed E-state index contributed by atoms with van der Waals surface area (Å²) in [5, 5.41) is 4.04. The second-order valence-corrected chi connectivity index (χ2v) is 3.37. The summed E-state index contributed by atoms with van der Waals surface area (Å²) >= 11 is 0. The lowest BCUT2D eigenvalue weighted by molar-refractivity contribution is 0.102. The number of rotatable bonds is 2. The molecule has 0 aliphatic heterocycles. The molecule has 0 atom stereocenters. The third-order valence-corrected chi connectivity index (χ3v) is 2.07. The quantitative estimate of drug-likeness (QED) is 0.689. The molecule has 2 aromatic heterocycles. The number of aromatic nitrogens is 3. The van der Waals surface area contributed by atoms with E-state index < -0.39 is 0 Å². The van der Waals surface area contributed by atoms with Crippen molar-refractivity contribution in [1.82, 2.24) is 14.8 Å². The fourth-order valence-corrected chi connectivity index (χ4v) is 1.34. The van der Waals surface area contributed by atoms with Gasteiger partial charge in [0, 0.05) is 18.9 Å². The summed E-state index contributed by atoms with van der Waals surface area (Å²) in [6.07, 6.45) is 1.74. The van der Waals surface area contributed by atoms with E-state index in [9.17, 15) is 4.79 Å². The van der Waals surface area contributed by atoms with Crippen LogP contribution in [0, 0.1) is 6.92 Å². The van der Waals surface area contributed by atoms with Crippen molar-refractivity contribution in [2.45, 2.75) is 6.92 Å². The Morgan fingerprint density at radius 1 is 1.27 bits per heavy atom. The van der Waals surface area contributed by atoms with E-state index in [1.54, 1.807) is 30.1 Å². The Labute approximate surface area is 87.6 Å². The summed E-state index contributed by atoms with van der Waals surface area (Å²) < 4.78 is 1.60. The fraction of sp³-hybridized carbons (Fsp3) is 0.182. The highest BCUT2D eigenvalue weighted by molar-refractivity contribution is 6.06. The molecule has 4 nitrogen and oxygen atoms in total. The molecule has 2 aromatic rings. The maximum atomic E-state index is 11.9.